The van der Waals surface area contributed by atoms with Gasteiger partial charge in [0.05, 0.1) is 17.2 Å². The van der Waals surface area contributed by atoms with Crippen molar-refractivity contribution in [3.63, 3.8) is 0 Å². The molecule has 0 radical (unpaired) electrons. The number of fused-ring (bicyclic) bond motifs is 7. The topological polar surface area (TPSA) is 326 Å². The molecule has 9 rings (SSSR count). The van der Waals surface area contributed by atoms with Crippen LogP contribution in [0, 0.1) is 34.0 Å². The molecule has 14 atom stereocenters. The number of aliphatic carboxylic acids is 1. The van der Waals surface area contributed by atoms with E-state index >= 15 is 8.78 Å². The highest BCUT2D eigenvalue weighted by molar-refractivity contribution is 6.01. The fourth-order valence-corrected chi connectivity index (χ4v) is 13.5. The van der Waals surface area contributed by atoms with E-state index in [0.717, 1.165) is 22.9 Å². The highest BCUT2D eigenvalue weighted by Crippen LogP contribution is 2.74. The molecule has 0 unspecified atom stereocenters. The van der Waals surface area contributed by atoms with Gasteiger partial charge in [-0.1, -0.05) is 43.3 Å². The molecule has 23 heteroatoms. The van der Waals surface area contributed by atoms with Crippen LogP contribution in [0.5, 0.6) is 5.75 Å². The number of aliphatic hydroxyl groups is 5. The molecular weight excluding hydrogens is 1020 g/mol. The molecule has 2 aliphatic heterocycles. The number of ether oxygens (including phenoxy) is 3. The summed E-state index contributed by atoms with van der Waals surface area (Å²) in [5.41, 5.74) is -2.70. The second-order valence-electron chi connectivity index (χ2n) is 21.6. The van der Waals surface area contributed by atoms with Crippen molar-refractivity contribution in [2.75, 3.05) is 48.4 Å². The zero-order valence-corrected chi connectivity index (χ0v) is 42.7. The Hall–Kier alpha value is -6.70. The number of rotatable bonds is 17. The molecule has 3 saturated carbocycles. The van der Waals surface area contributed by atoms with E-state index in [-0.39, 0.29) is 67.7 Å². The Bertz CT molecular complexity index is 2910. The molecule has 3 amide bonds. The molecular formula is C55H63F2N5O16. The summed E-state index contributed by atoms with van der Waals surface area (Å²) in [6, 6.07) is 18.9. The number of halogens is 2. The van der Waals surface area contributed by atoms with Gasteiger partial charge in [-0.15, -0.1) is 0 Å². The molecule has 0 bridgehead atoms. The highest BCUT2D eigenvalue weighted by Gasteiger charge is 2.78. The minimum Gasteiger partial charge on any atom is -0.479 e. The van der Waals surface area contributed by atoms with Gasteiger partial charge in [0.15, 0.2) is 23.3 Å². The van der Waals surface area contributed by atoms with Gasteiger partial charge in [0.1, 0.15) is 50.1 Å². The van der Waals surface area contributed by atoms with Crippen molar-refractivity contribution in [1.29, 1.82) is 0 Å². The number of hydrogen-bond acceptors (Lipinski definition) is 17. The maximum Gasteiger partial charge on any atom is 0.411 e. The summed E-state index contributed by atoms with van der Waals surface area (Å²) in [6.07, 6.45) is -9.61. The molecule has 21 nitrogen and oxygen atoms in total. The summed E-state index contributed by atoms with van der Waals surface area (Å²) in [4.78, 5) is 82.3. The summed E-state index contributed by atoms with van der Waals surface area (Å²) in [6.45, 7) is 2.43. The Kier molecular flexibility index (Phi) is 15.7. The number of nitrogens with one attached hydrogen (secondary N) is 3. The van der Waals surface area contributed by atoms with E-state index in [4.69, 9.17) is 20.1 Å². The number of carboxylic acid groups (broad SMARTS) is 1. The van der Waals surface area contributed by atoms with Crippen LogP contribution in [-0.2, 0) is 51.3 Å². The van der Waals surface area contributed by atoms with Crippen molar-refractivity contribution < 1.29 is 87.2 Å². The number of alkyl halides is 2. The quantitative estimate of drug-likeness (QED) is 0.0869. The third-order valence-corrected chi connectivity index (χ3v) is 17.3. The normalized spacial score (nSPS) is 33.6. The molecule has 6 aliphatic rings. The van der Waals surface area contributed by atoms with Crippen LogP contribution >= 0.6 is 0 Å². The van der Waals surface area contributed by atoms with Gasteiger partial charge in [-0.25, -0.2) is 24.3 Å². The van der Waals surface area contributed by atoms with Crippen LogP contribution in [0.25, 0.3) is 0 Å². The number of carboxylic acids is 1. The number of carbonyl (C=O) groups is 6. The molecule has 5 fully saturated rings. The molecule has 0 aromatic heterocycles. The second kappa shape index (κ2) is 21.9. The first kappa shape index (κ1) is 56.0. The molecule has 2 saturated heterocycles. The number of Topliss-reactive ketones (excluding diaryl/α,β-unsaturated/α-hetero) is 1. The minimum atomic E-state index is -2.29. The smallest absolute Gasteiger partial charge is 0.411 e. The number of benzene rings is 3. The van der Waals surface area contributed by atoms with E-state index in [9.17, 15) is 59.4 Å². The van der Waals surface area contributed by atoms with E-state index in [2.05, 4.69) is 25.7 Å². The van der Waals surface area contributed by atoms with Gasteiger partial charge in [-0.05, 0) is 121 Å². The van der Waals surface area contributed by atoms with Gasteiger partial charge in [0, 0.05) is 48.8 Å². The monoisotopic (exact) mass is 1090 g/mol. The van der Waals surface area contributed by atoms with E-state index in [1.807, 2.05) is 37.3 Å². The van der Waals surface area contributed by atoms with Gasteiger partial charge in [0.2, 0.25) is 18.1 Å². The van der Waals surface area contributed by atoms with E-state index in [0.29, 0.717) is 30.6 Å². The lowest BCUT2D eigenvalue weighted by Gasteiger charge is -2.63. The first-order valence-electron chi connectivity index (χ1n) is 25.6. The van der Waals surface area contributed by atoms with Gasteiger partial charge in [-0.3, -0.25) is 29.3 Å². The molecule has 3 aromatic rings. The Balaban J connectivity index is 0.835. The lowest BCUT2D eigenvalue weighted by Crippen LogP contribution is -2.69. The molecule has 4 aliphatic carbocycles. The van der Waals surface area contributed by atoms with Crippen LogP contribution < -0.4 is 31.5 Å². The molecule has 11 N–H and O–H groups in total. The summed E-state index contributed by atoms with van der Waals surface area (Å²) in [5, 5.41) is 70.6. The second-order valence-corrected chi connectivity index (χ2v) is 21.6. The van der Waals surface area contributed by atoms with E-state index in [1.165, 1.54) is 30.4 Å². The Morgan fingerprint density at radius 2 is 1.64 bits per heavy atom. The van der Waals surface area contributed by atoms with Crippen LogP contribution in [0.3, 0.4) is 0 Å². The average Bonchev–Trinajstić information content (AvgIpc) is 2.64. The first-order chi connectivity index (χ1) is 37.1. The van der Waals surface area contributed by atoms with Crippen molar-refractivity contribution in [1.82, 2.24) is 5.32 Å². The summed E-state index contributed by atoms with van der Waals surface area (Å²) in [7, 11) is 0. The number of anilines is 3. The van der Waals surface area contributed by atoms with E-state index < -0.39 is 120 Å². The number of nitrogens with zero attached hydrogens (tertiary/aromatic N) is 1. The fourth-order valence-electron chi connectivity index (χ4n) is 13.5. The SMILES string of the molecule is C[C@]12C=CC(=O)C=C1[C@@H](F)C[C@H]1[C@@H]3C[C@H]4CN(c5ccc(Cc6cccc(NC(=O)OCc7ccc(O[C@@H]8O[C@H](C(=O)O)[C@@H](O)[C@H](O)[C@H]8O)c(NC(=O)CCNC(=O)CON)c7)c6)cc5)C[C@@]4(C(=O)CO)[C@@]3(C)C[C@H](O)[C@@]12F. The maximum absolute atomic E-state index is 17.9. The lowest BCUT2D eigenvalue weighted by atomic mass is 9.43. The minimum absolute atomic E-state index is 0.0328. The number of amides is 3. The summed E-state index contributed by atoms with van der Waals surface area (Å²) >= 11 is 0. The molecule has 2 heterocycles. The molecule has 3 aromatic carbocycles. The van der Waals surface area contributed by atoms with Crippen molar-refractivity contribution in [3.05, 3.63) is 107 Å². The van der Waals surface area contributed by atoms with Crippen LogP contribution in [0.2, 0.25) is 0 Å². The molecule has 0 spiro atoms. The third kappa shape index (κ3) is 9.94. The summed E-state index contributed by atoms with van der Waals surface area (Å²) < 4.78 is 50.4. The van der Waals surface area contributed by atoms with Gasteiger partial charge < -0.3 is 60.4 Å². The van der Waals surface area contributed by atoms with Gasteiger partial charge in [0.25, 0.3) is 0 Å². The Labute approximate surface area is 446 Å². The van der Waals surface area contributed by atoms with Gasteiger partial charge >= 0.3 is 12.1 Å². The van der Waals surface area contributed by atoms with Gasteiger partial charge in [-0.2, -0.15) is 0 Å². The van der Waals surface area contributed by atoms with Crippen molar-refractivity contribution in [2.45, 2.75) is 101 Å². The zero-order chi connectivity index (χ0) is 56.1. The Morgan fingerprint density at radius 1 is 0.897 bits per heavy atom. The summed E-state index contributed by atoms with van der Waals surface area (Å²) in [5.74, 6) is -0.693. The van der Waals surface area contributed by atoms with Crippen molar-refractivity contribution in [3.8, 4) is 5.75 Å². The number of carbonyl (C=O) groups excluding carboxylic acids is 5. The van der Waals surface area contributed by atoms with Crippen molar-refractivity contribution >= 4 is 52.5 Å². The van der Waals surface area contributed by atoms with Crippen molar-refractivity contribution in [2.24, 2.45) is 39.9 Å². The average molecular weight is 1090 g/mol. The maximum atomic E-state index is 17.9. The zero-order valence-electron chi connectivity index (χ0n) is 42.7. The number of allylic oxidation sites excluding steroid dienone is 4. The lowest BCUT2D eigenvalue weighted by molar-refractivity contribution is -0.271. The third-order valence-electron chi connectivity index (χ3n) is 17.3. The Morgan fingerprint density at radius 3 is 2.36 bits per heavy atom. The number of aliphatic hydroxyl groups excluding tert-OH is 5. The number of hydrogen-bond donors (Lipinski definition) is 10. The number of ketones is 2. The van der Waals surface area contributed by atoms with Crippen LogP contribution in [-0.4, -0.2) is 148 Å². The predicted molar refractivity (Wildman–Crippen MR) is 272 cm³/mol. The highest BCUT2D eigenvalue weighted by atomic mass is 19.1. The fraction of sp³-hybridized carbons (Fsp3) is 0.491. The molecule has 418 valence electrons. The van der Waals surface area contributed by atoms with Crippen LogP contribution in [0.4, 0.5) is 30.6 Å². The van der Waals surface area contributed by atoms with E-state index in [1.54, 1.807) is 25.1 Å². The number of nitrogens with two attached hydrogens (primary N) is 1. The first-order valence-corrected chi connectivity index (χ1v) is 25.6. The molecule has 78 heavy (non-hydrogen) atoms. The van der Waals surface area contributed by atoms with Crippen LogP contribution in [0.1, 0.15) is 56.2 Å². The largest absolute Gasteiger partial charge is 0.479 e. The standard InChI is InChI=1S/C55H63F2N5O16/c1-52-14-12-34(64)20-37(52)38(56)21-36-35-19-31-23-62(27-54(31,42(66)24-63)53(35,2)22-41(65)55(36,52)57)33-9-6-28(7-10-33)16-29-4-3-5-32(17-29)60-51(74)75-25-30-8-11-40(39(18-30)61-43(67)13-15-59-44(68)26-76-58)77-50-47(71)45(69)46(70)48(78-50)49(72)73/h3-12,14,17-18,20,31,35-36,38,41,45-48,50,63,65,69-71H,13,15-16,19,21-27,58H2,1-2H3,(H,59,68)(H,60,74)(H,61,67)(H,72,73)/t31-,35-,36-,38-,41-,45-,46-,47+,48-,50+,52-,53-,54+,55-/m0/s1. The predicted octanol–water partition coefficient (Wildman–Crippen LogP) is 2.54. The van der Waals surface area contributed by atoms with Crippen LogP contribution in [0.15, 0.2) is 90.5 Å².